The van der Waals surface area contributed by atoms with Crippen LogP contribution in [0.3, 0.4) is 0 Å². The van der Waals surface area contributed by atoms with Crippen LogP contribution in [0.2, 0.25) is 0 Å². The Labute approximate surface area is 147 Å². The molecule has 3 aromatic rings. The monoisotopic (exact) mass is 388 g/mol. The van der Waals surface area contributed by atoms with E-state index in [2.05, 4.69) is 26.0 Å². The number of carbonyl (C=O) groups is 1. The summed E-state index contributed by atoms with van der Waals surface area (Å²) in [5.41, 5.74) is 3.33. The normalized spacial score (nSPS) is 15.4. The lowest BCUT2D eigenvalue weighted by atomic mass is 9.93. The average Bonchev–Trinajstić information content (AvgIpc) is 3.23. The number of aryl methyl sites for hydroxylation is 1. The zero-order valence-corrected chi connectivity index (χ0v) is 14.8. The van der Waals surface area contributed by atoms with E-state index < -0.39 is 6.09 Å². The minimum Gasteiger partial charge on any atom is -0.464 e. The highest BCUT2D eigenvalue weighted by Crippen LogP contribution is 2.44. The first kappa shape index (κ1) is 15.4. The second-order valence-corrected chi connectivity index (χ2v) is 7.10. The standard InChI is InChI=1S/C17H17BrN4O2/c1-21-9-11(7-20-21)16-15(10-4-2-3-5-10)12-8-19-14(18)6-13(12)22(16)17(23)24/h6-10H,2-5H2,1H3,(H,23,24). The maximum atomic E-state index is 12.1. The SMILES string of the molecule is Cn1cc(-c2c(C3CCCC3)c3cnc(Br)cc3n2C(=O)O)cn1. The zero-order valence-electron chi connectivity index (χ0n) is 13.2. The molecule has 0 atom stereocenters. The van der Waals surface area contributed by atoms with E-state index in [-0.39, 0.29) is 0 Å². The summed E-state index contributed by atoms with van der Waals surface area (Å²) in [6, 6.07) is 1.78. The van der Waals surface area contributed by atoms with E-state index in [9.17, 15) is 9.90 Å². The first-order valence-electron chi connectivity index (χ1n) is 7.98. The van der Waals surface area contributed by atoms with Crippen LogP contribution < -0.4 is 0 Å². The lowest BCUT2D eigenvalue weighted by Crippen LogP contribution is -2.10. The number of halogens is 1. The van der Waals surface area contributed by atoms with Gasteiger partial charge in [0.15, 0.2) is 0 Å². The molecule has 3 aromatic heterocycles. The largest absolute Gasteiger partial charge is 0.464 e. The lowest BCUT2D eigenvalue weighted by molar-refractivity contribution is 0.198. The van der Waals surface area contributed by atoms with Crippen molar-refractivity contribution in [2.45, 2.75) is 31.6 Å². The van der Waals surface area contributed by atoms with Gasteiger partial charge in [-0.25, -0.2) is 14.3 Å². The van der Waals surface area contributed by atoms with Gasteiger partial charge in [-0.3, -0.25) is 4.68 Å². The van der Waals surface area contributed by atoms with Crippen LogP contribution in [0.5, 0.6) is 0 Å². The fraction of sp³-hybridized carbons (Fsp3) is 0.353. The number of rotatable bonds is 2. The fourth-order valence-corrected chi connectivity index (χ4v) is 4.15. The van der Waals surface area contributed by atoms with Crippen LogP contribution in [-0.4, -0.2) is 30.5 Å². The van der Waals surface area contributed by atoms with Gasteiger partial charge in [0.1, 0.15) is 4.60 Å². The van der Waals surface area contributed by atoms with Crippen LogP contribution in [0.1, 0.15) is 37.2 Å². The van der Waals surface area contributed by atoms with Crippen molar-refractivity contribution in [3.8, 4) is 11.3 Å². The van der Waals surface area contributed by atoms with Gasteiger partial charge in [0.25, 0.3) is 0 Å². The molecule has 0 aliphatic heterocycles. The molecule has 0 spiro atoms. The van der Waals surface area contributed by atoms with Crippen LogP contribution in [0.4, 0.5) is 4.79 Å². The molecule has 0 aromatic carbocycles. The Morgan fingerprint density at radius 2 is 2.08 bits per heavy atom. The average molecular weight is 389 g/mol. The Kier molecular flexibility index (Phi) is 3.68. The molecule has 0 radical (unpaired) electrons. The summed E-state index contributed by atoms with van der Waals surface area (Å²) in [6.45, 7) is 0. The highest BCUT2D eigenvalue weighted by atomic mass is 79.9. The number of nitrogens with zero attached hydrogens (tertiary/aromatic N) is 4. The van der Waals surface area contributed by atoms with Crippen molar-refractivity contribution in [1.82, 2.24) is 19.3 Å². The Morgan fingerprint density at radius 1 is 1.33 bits per heavy atom. The second-order valence-electron chi connectivity index (χ2n) is 6.29. The maximum Gasteiger partial charge on any atom is 0.416 e. The number of aromatic nitrogens is 4. The van der Waals surface area contributed by atoms with E-state index in [0.717, 1.165) is 35.0 Å². The molecule has 1 fully saturated rings. The van der Waals surface area contributed by atoms with Crippen molar-refractivity contribution in [2.24, 2.45) is 7.05 Å². The molecule has 124 valence electrons. The van der Waals surface area contributed by atoms with E-state index in [1.54, 1.807) is 23.1 Å². The van der Waals surface area contributed by atoms with Gasteiger partial charge in [0, 0.05) is 30.4 Å². The predicted molar refractivity (Wildman–Crippen MR) is 94.3 cm³/mol. The molecule has 0 bridgehead atoms. The highest BCUT2D eigenvalue weighted by molar-refractivity contribution is 9.10. The topological polar surface area (TPSA) is 72.9 Å². The molecular formula is C17H17BrN4O2. The molecule has 0 saturated heterocycles. The van der Waals surface area contributed by atoms with Gasteiger partial charge in [-0.1, -0.05) is 12.8 Å². The van der Waals surface area contributed by atoms with Gasteiger partial charge in [-0.15, -0.1) is 0 Å². The van der Waals surface area contributed by atoms with Gasteiger partial charge in [0.05, 0.1) is 17.4 Å². The molecule has 7 heteroatoms. The minimum absolute atomic E-state index is 0.367. The maximum absolute atomic E-state index is 12.1. The van der Waals surface area contributed by atoms with Crippen molar-refractivity contribution >= 4 is 32.9 Å². The van der Waals surface area contributed by atoms with Crippen LogP contribution in [0.25, 0.3) is 22.2 Å². The molecule has 6 nitrogen and oxygen atoms in total. The summed E-state index contributed by atoms with van der Waals surface area (Å²) in [6.07, 6.45) is 8.93. The summed E-state index contributed by atoms with van der Waals surface area (Å²) in [5.74, 6) is 0.367. The Morgan fingerprint density at radius 3 is 2.71 bits per heavy atom. The highest BCUT2D eigenvalue weighted by Gasteiger charge is 2.30. The summed E-state index contributed by atoms with van der Waals surface area (Å²) >= 11 is 3.36. The molecule has 1 aliphatic rings. The minimum atomic E-state index is -0.985. The van der Waals surface area contributed by atoms with E-state index in [1.807, 2.05) is 13.2 Å². The summed E-state index contributed by atoms with van der Waals surface area (Å²) < 4.78 is 3.71. The van der Waals surface area contributed by atoms with Gasteiger partial charge in [0.2, 0.25) is 0 Å². The van der Waals surface area contributed by atoms with Gasteiger partial charge < -0.3 is 5.11 Å². The first-order valence-corrected chi connectivity index (χ1v) is 8.77. The number of hydrogen-bond donors (Lipinski definition) is 1. The van der Waals surface area contributed by atoms with Crippen molar-refractivity contribution in [2.75, 3.05) is 0 Å². The molecule has 0 unspecified atom stereocenters. The number of fused-ring (bicyclic) bond motifs is 1. The Hall–Kier alpha value is -2.15. The molecule has 0 amide bonds. The van der Waals surface area contributed by atoms with Crippen LogP contribution >= 0.6 is 15.9 Å². The molecule has 1 saturated carbocycles. The third-order valence-electron chi connectivity index (χ3n) is 4.79. The molecule has 1 N–H and O–H groups in total. The summed E-state index contributed by atoms with van der Waals surface area (Å²) in [4.78, 5) is 16.4. The predicted octanol–water partition coefficient (Wildman–Crippen LogP) is 4.38. The van der Waals surface area contributed by atoms with Crippen molar-refractivity contribution in [3.05, 3.63) is 34.8 Å². The van der Waals surface area contributed by atoms with E-state index in [0.29, 0.717) is 16.0 Å². The van der Waals surface area contributed by atoms with E-state index >= 15 is 0 Å². The number of carboxylic acid groups (broad SMARTS) is 1. The molecule has 4 rings (SSSR count). The summed E-state index contributed by atoms with van der Waals surface area (Å²) in [5, 5.41) is 15.0. The van der Waals surface area contributed by atoms with Crippen LogP contribution in [-0.2, 0) is 7.05 Å². The smallest absolute Gasteiger partial charge is 0.416 e. The molecule has 24 heavy (non-hydrogen) atoms. The fourth-order valence-electron chi connectivity index (χ4n) is 3.84. The molecular weight excluding hydrogens is 372 g/mol. The molecule has 1 aliphatic carbocycles. The van der Waals surface area contributed by atoms with Crippen molar-refractivity contribution in [1.29, 1.82) is 0 Å². The van der Waals surface area contributed by atoms with Crippen molar-refractivity contribution < 1.29 is 9.90 Å². The second kappa shape index (κ2) is 5.73. The lowest BCUT2D eigenvalue weighted by Gasteiger charge is -2.12. The quantitative estimate of drug-likeness (QED) is 0.660. The third kappa shape index (κ3) is 2.34. The van der Waals surface area contributed by atoms with Gasteiger partial charge in [-0.05, 0) is 46.3 Å². The van der Waals surface area contributed by atoms with Crippen molar-refractivity contribution in [3.63, 3.8) is 0 Å². The van der Waals surface area contributed by atoms with Crippen LogP contribution in [0.15, 0.2) is 29.3 Å². The first-order chi connectivity index (χ1) is 11.6. The third-order valence-corrected chi connectivity index (χ3v) is 5.23. The summed E-state index contributed by atoms with van der Waals surface area (Å²) in [7, 11) is 1.84. The Balaban J connectivity index is 2.11. The Bertz CT molecular complexity index is 938. The number of hydrogen-bond acceptors (Lipinski definition) is 3. The van der Waals surface area contributed by atoms with Gasteiger partial charge in [-0.2, -0.15) is 5.10 Å². The van der Waals surface area contributed by atoms with E-state index in [1.165, 1.54) is 17.4 Å². The number of pyridine rings is 1. The van der Waals surface area contributed by atoms with E-state index in [4.69, 9.17) is 0 Å². The molecule has 3 heterocycles. The van der Waals surface area contributed by atoms with Crippen LogP contribution in [0, 0.1) is 0 Å². The zero-order chi connectivity index (χ0) is 16.8. The van der Waals surface area contributed by atoms with Gasteiger partial charge >= 0.3 is 6.09 Å².